The molecule has 6 nitrogen and oxygen atoms in total. The van der Waals surface area contributed by atoms with E-state index in [-0.39, 0.29) is 5.97 Å². The second-order valence-corrected chi connectivity index (χ2v) is 4.87. The van der Waals surface area contributed by atoms with Crippen LogP contribution in [0, 0.1) is 6.92 Å². The Kier molecular flexibility index (Phi) is 4.22. The molecule has 0 aliphatic heterocycles. The molecular formula is C11H19N3O3. The Bertz CT molecular complexity index is 382. The quantitative estimate of drug-likeness (QED) is 0.798. The molecule has 1 unspecified atom stereocenters. The third-order valence-corrected chi connectivity index (χ3v) is 1.90. The van der Waals surface area contributed by atoms with Crippen molar-refractivity contribution in [3.63, 3.8) is 0 Å². The summed E-state index contributed by atoms with van der Waals surface area (Å²) in [7, 11) is 0. The third-order valence-electron chi connectivity index (χ3n) is 1.90. The van der Waals surface area contributed by atoms with Crippen LogP contribution in [0.15, 0.2) is 4.52 Å². The van der Waals surface area contributed by atoms with Crippen molar-refractivity contribution in [2.24, 2.45) is 0 Å². The van der Waals surface area contributed by atoms with Crippen molar-refractivity contribution in [3.8, 4) is 0 Å². The first kappa shape index (κ1) is 13.6. The molecule has 0 bridgehead atoms. The van der Waals surface area contributed by atoms with Crippen LogP contribution in [0.25, 0.3) is 0 Å². The van der Waals surface area contributed by atoms with Gasteiger partial charge in [-0.2, -0.15) is 4.98 Å². The molecule has 0 radical (unpaired) electrons. The number of hydrogen-bond acceptors (Lipinski definition) is 6. The van der Waals surface area contributed by atoms with E-state index in [2.05, 4.69) is 15.5 Å². The zero-order chi connectivity index (χ0) is 13.1. The fourth-order valence-corrected chi connectivity index (χ4v) is 1.13. The minimum Gasteiger partial charge on any atom is -0.459 e. The van der Waals surface area contributed by atoms with E-state index in [0.29, 0.717) is 18.3 Å². The molecule has 0 saturated heterocycles. The van der Waals surface area contributed by atoms with Gasteiger partial charge in [0.1, 0.15) is 11.6 Å². The summed E-state index contributed by atoms with van der Waals surface area (Å²) in [6.45, 7) is 9.33. The summed E-state index contributed by atoms with van der Waals surface area (Å²) in [6, 6.07) is -0.409. The van der Waals surface area contributed by atoms with E-state index in [1.807, 2.05) is 20.8 Å². The van der Waals surface area contributed by atoms with Crippen LogP contribution in [-0.2, 0) is 16.1 Å². The van der Waals surface area contributed by atoms with Gasteiger partial charge in [-0.05, 0) is 27.7 Å². The van der Waals surface area contributed by atoms with Crippen LogP contribution in [0.3, 0.4) is 0 Å². The zero-order valence-corrected chi connectivity index (χ0v) is 10.9. The molecule has 1 heterocycles. The standard InChI is InChI=1S/C11H19N3O3/c1-7(10(15)16-11(3,4)5)12-6-9-13-8(2)17-14-9/h7,12H,6H2,1-5H3. The van der Waals surface area contributed by atoms with Crippen molar-refractivity contribution < 1.29 is 14.1 Å². The third kappa shape index (κ3) is 4.95. The molecule has 1 rings (SSSR count). The molecule has 96 valence electrons. The van der Waals surface area contributed by atoms with Gasteiger partial charge in [0.15, 0.2) is 5.82 Å². The molecule has 1 aromatic rings. The van der Waals surface area contributed by atoms with Crippen LogP contribution < -0.4 is 5.32 Å². The number of carbonyl (C=O) groups excluding carboxylic acids is 1. The lowest BCUT2D eigenvalue weighted by Crippen LogP contribution is -2.39. The Hall–Kier alpha value is -1.43. The van der Waals surface area contributed by atoms with Crippen molar-refractivity contribution in [2.45, 2.75) is 52.8 Å². The Morgan fingerprint density at radius 1 is 1.53 bits per heavy atom. The minimum atomic E-state index is -0.476. The molecule has 0 aliphatic carbocycles. The highest BCUT2D eigenvalue weighted by molar-refractivity contribution is 5.75. The summed E-state index contributed by atoms with van der Waals surface area (Å²) in [5, 5.41) is 6.70. The SMILES string of the molecule is Cc1nc(CNC(C)C(=O)OC(C)(C)C)no1. The first-order valence-corrected chi connectivity index (χ1v) is 5.53. The molecule has 0 amide bonds. The van der Waals surface area contributed by atoms with Crippen LogP contribution in [0.2, 0.25) is 0 Å². The summed E-state index contributed by atoms with van der Waals surface area (Å²) in [6.07, 6.45) is 0. The van der Waals surface area contributed by atoms with E-state index in [9.17, 15) is 4.79 Å². The molecule has 1 N–H and O–H groups in total. The maximum Gasteiger partial charge on any atom is 0.323 e. The number of carbonyl (C=O) groups is 1. The topological polar surface area (TPSA) is 77.2 Å². The second kappa shape index (κ2) is 5.27. The molecule has 0 spiro atoms. The van der Waals surface area contributed by atoms with Crippen molar-refractivity contribution in [1.29, 1.82) is 0 Å². The molecule has 17 heavy (non-hydrogen) atoms. The van der Waals surface area contributed by atoms with Gasteiger partial charge in [-0.25, -0.2) is 0 Å². The molecule has 0 aromatic carbocycles. The lowest BCUT2D eigenvalue weighted by Gasteiger charge is -2.22. The molecular weight excluding hydrogens is 222 g/mol. The van der Waals surface area contributed by atoms with E-state index >= 15 is 0 Å². The molecule has 1 aromatic heterocycles. The van der Waals surface area contributed by atoms with Gasteiger partial charge in [-0.15, -0.1) is 0 Å². The lowest BCUT2D eigenvalue weighted by atomic mass is 10.2. The van der Waals surface area contributed by atoms with Gasteiger partial charge < -0.3 is 9.26 Å². The van der Waals surface area contributed by atoms with Crippen LogP contribution in [-0.4, -0.2) is 27.8 Å². The van der Waals surface area contributed by atoms with Crippen molar-refractivity contribution in [1.82, 2.24) is 15.5 Å². The highest BCUT2D eigenvalue weighted by atomic mass is 16.6. The Labute approximate surface area is 101 Å². The monoisotopic (exact) mass is 241 g/mol. The number of rotatable bonds is 4. The van der Waals surface area contributed by atoms with Gasteiger partial charge in [-0.3, -0.25) is 10.1 Å². The second-order valence-electron chi connectivity index (χ2n) is 4.87. The summed E-state index contributed by atoms with van der Waals surface area (Å²) in [4.78, 5) is 15.7. The fourth-order valence-electron chi connectivity index (χ4n) is 1.13. The number of hydrogen-bond donors (Lipinski definition) is 1. The van der Waals surface area contributed by atoms with Gasteiger partial charge in [0, 0.05) is 6.92 Å². The van der Waals surface area contributed by atoms with E-state index in [4.69, 9.17) is 9.26 Å². The van der Waals surface area contributed by atoms with E-state index in [0.717, 1.165) is 0 Å². The van der Waals surface area contributed by atoms with E-state index in [1.54, 1.807) is 13.8 Å². The summed E-state index contributed by atoms with van der Waals surface area (Å²) >= 11 is 0. The summed E-state index contributed by atoms with van der Waals surface area (Å²) < 4.78 is 10.0. The Morgan fingerprint density at radius 3 is 2.65 bits per heavy atom. The number of aromatic nitrogens is 2. The fraction of sp³-hybridized carbons (Fsp3) is 0.727. The lowest BCUT2D eigenvalue weighted by molar-refractivity contribution is -0.157. The molecule has 1 atom stereocenters. The molecule has 0 fully saturated rings. The normalized spacial score (nSPS) is 13.5. The van der Waals surface area contributed by atoms with Gasteiger partial charge in [0.05, 0.1) is 6.54 Å². The molecule has 0 saturated carbocycles. The smallest absolute Gasteiger partial charge is 0.323 e. The predicted molar refractivity (Wildman–Crippen MR) is 61.2 cm³/mol. The summed E-state index contributed by atoms with van der Waals surface area (Å²) in [5.74, 6) is 0.738. The summed E-state index contributed by atoms with van der Waals surface area (Å²) in [5.41, 5.74) is -0.476. The first-order valence-electron chi connectivity index (χ1n) is 5.53. The van der Waals surface area contributed by atoms with Crippen molar-refractivity contribution in [3.05, 3.63) is 11.7 Å². The van der Waals surface area contributed by atoms with Crippen LogP contribution in [0.5, 0.6) is 0 Å². The molecule has 0 aliphatic rings. The molecule has 6 heteroatoms. The first-order chi connectivity index (χ1) is 7.78. The van der Waals surface area contributed by atoms with Gasteiger partial charge in [-0.1, -0.05) is 5.16 Å². The minimum absolute atomic E-state index is 0.294. The Morgan fingerprint density at radius 2 is 2.18 bits per heavy atom. The maximum absolute atomic E-state index is 11.6. The number of ether oxygens (including phenoxy) is 1. The number of aryl methyl sites for hydroxylation is 1. The van der Waals surface area contributed by atoms with Gasteiger partial charge >= 0.3 is 5.97 Å². The maximum atomic E-state index is 11.6. The largest absolute Gasteiger partial charge is 0.459 e. The van der Waals surface area contributed by atoms with Crippen LogP contribution in [0.1, 0.15) is 39.4 Å². The highest BCUT2D eigenvalue weighted by Crippen LogP contribution is 2.08. The van der Waals surface area contributed by atoms with E-state index in [1.165, 1.54) is 0 Å². The van der Waals surface area contributed by atoms with Crippen LogP contribution >= 0.6 is 0 Å². The average molecular weight is 241 g/mol. The average Bonchev–Trinajstić information content (AvgIpc) is 2.58. The highest BCUT2D eigenvalue weighted by Gasteiger charge is 2.21. The van der Waals surface area contributed by atoms with Crippen molar-refractivity contribution >= 4 is 5.97 Å². The zero-order valence-electron chi connectivity index (χ0n) is 10.9. The van der Waals surface area contributed by atoms with Gasteiger partial charge in [0.2, 0.25) is 5.89 Å². The van der Waals surface area contributed by atoms with Crippen LogP contribution in [0.4, 0.5) is 0 Å². The number of esters is 1. The number of nitrogens with one attached hydrogen (secondary N) is 1. The van der Waals surface area contributed by atoms with E-state index < -0.39 is 11.6 Å². The Balaban J connectivity index is 2.39. The van der Waals surface area contributed by atoms with Gasteiger partial charge in [0.25, 0.3) is 0 Å². The van der Waals surface area contributed by atoms with Crippen molar-refractivity contribution in [2.75, 3.05) is 0 Å². The number of nitrogens with zero attached hydrogens (tertiary/aromatic N) is 2. The predicted octanol–water partition coefficient (Wildman–Crippen LogP) is 1.20.